The van der Waals surface area contributed by atoms with E-state index in [4.69, 9.17) is 4.74 Å². The van der Waals surface area contributed by atoms with E-state index in [2.05, 4.69) is 0 Å². The predicted octanol–water partition coefficient (Wildman–Crippen LogP) is 1.24. The minimum atomic E-state index is -4.20. The number of para-hydroxylation sites is 1. The second-order valence-electron chi connectivity index (χ2n) is 5.84. The Bertz CT molecular complexity index is 977. The zero-order valence-electron chi connectivity index (χ0n) is 14.2. The monoisotopic (exact) mass is 392 g/mol. The van der Waals surface area contributed by atoms with E-state index in [1.54, 1.807) is 0 Å². The molecule has 0 spiro atoms. The lowest BCUT2D eigenvalue weighted by Crippen LogP contribution is -2.36. The summed E-state index contributed by atoms with van der Waals surface area (Å²) in [5.41, 5.74) is 1.81. The highest BCUT2D eigenvalue weighted by molar-refractivity contribution is 7.89. The Kier molecular flexibility index (Phi) is 5.52. The molecule has 3 rings (SSSR count). The van der Waals surface area contributed by atoms with Gasteiger partial charge in [0.25, 0.3) is 5.91 Å². The molecular weight excluding hydrogens is 375 g/mol. The summed E-state index contributed by atoms with van der Waals surface area (Å²) in [6, 6.07) is 12.2. The number of fused-ring (bicyclic) bond motifs is 1. The zero-order chi connectivity index (χ0) is 19.4. The van der Waals surface area contributed by atoms with Crippen LogP contribution in [-0.2, 0) is 30.8 Å². The fourth-order valence-electron chi connectivity index (χ4n) is 2.76. The van der Waals surface area contributed by atoms with Gasteiger partial charge in [0.15, 0.2) is 6.61 Å². The number of ether oxygens (including phenoxy) is 1. The Morgan fingerprint density at radius 1 is 1.11 bits per heavy atom. The summed E-state index contributed by atoms with van der Waals surface area (Å²) < 4.78 is 44.4. The molecule has 0 radical (unpaired) electrons. The standard InChI is InChI=1S/C18H17FN2O5S/c19-14-6-2-4-8-16(14)27(24,25)20-11-18(23)26-12-17(22)21-10-9-13-5-1-3-7-15(13)21/h1-8,20H,9-12H2. The van der Waals surface area contributed by atoms with Gasteiger partial charge in [-0.1, -0.05) is 30.3 Å². The number of anilines is 1. The number of halogens is 1. The van der Waals surface area contributed by atoms with Crippen molar-refractivity contribution in [1.29, 1.82) is 0 Å². The Morgan fingerprint density at radius 2 is 1.81 bits per heavy atom. The lowest BCUT2D eigenvalue weighted by Gasteiger charge is -2.17. The molecule has 7 nitrogen and oxygen atoms in total. The molecule has 1 aliphatic heterocycles. The quantitative estimate of drug-likeness (QED) is 0.747. The van der Waals surface area contributed by atoms with E-state index in [9.17, 15) is 22.4 Å². The molecule has 0 bridgehead atoms. The normalized spacial score (nSPS) is 13.3. The summed E-state index contributed by atoms with van der Waals surface area (Å²) in [6.07, 6.45) is 0.721. The molecule has 9 heteroatoms. The van der Waals surface area contributed by atoms with Gasteiger partial charge >= 0.3 is 5.97 Å². The summed E-state index contributed by atoms with van der Waals surface area (Å²) in [5.74, 6) is -2.26. The topological polar surface area (TPSA) is 92.8 Å². The number of esters is 1. The van der Waals surface area contributed by atoms with E-state index in [1.165, 1.54) is 17.0 Å². The van der Waals surface area contributed by atoms with Crippen molar-refractivity contribution in [2.75, 3.05) is 24.6 Å². The Hall–Kier alpha value is -2.78. The molecule has 0 unspecified atom stereocenters. The molecule has 27 heavy (non-hydrogen) atoms. The van der Waals surface area contributed by atoms with Gasteiger partial charge < -0.3 is 9.64 Å². The first-order valence-electron chi connectivity index (χ1n) is 8.16. The number of carbonyl (C=O) groups is 2. The number of sulfonamides is 1. The van der Waals surface area contributed by atoms with Crippen LogP contribution in [0.5, 0.6) is 0 Å². The highest BCUT2D eigenvalue weighted by Gasteiger charge is 2.25. The number of carbonyl (C=O) groups excluding carboxylic acids is 2. The maximum absolute atomic E-state index is 13.6. The molecule has 0 aromatic heterocycles. The molecule has 142 valence electrons. The third-order valence-corrected chi connectivity index (χ3v) is 5.51. The minimum absolute atomic E-state index is 0.398. The minimum Gasteiger partial charge on any atom is -0.455 e. The number of nitrogens with zero attached hydrogens (tertiary/aromatic N) is 1. The molecule has 2 aromatic rings. The number of amides is 1. The Labute approximate surface area is 155 Å². The van der Waals surface area contributed by atoms with Crippen LogP contribution in [0.1, 0.15) is 5.56 Å². The second kappa shape index (κ2) is 7.85. The van der Waals surface area contributed by atoms with Crippen LogP contribution >= 0.6 is 0 Å². The smallest absolute Gasteiger partial charge is 0.321 e. The molecule has 0 fully saturated rings. The van der Waals surface area contributed by atoms with Crippen LogP contribution in [0.25, 0.3) is 0 Å². The molecule has 1 amide bonds. The summed E-state index contributed by atoms with van der Waals surface area (Å²) in [4.78, 5) is 25.0. The van der Waals surface area contributed by atoms with Crippen LogP contribution in [0.2, 0.25) is 0 Å². The maximum Gasteiger partial charge on any atom is 0.321 e. The van der Waals surface area contributed by atoms with Crippen molar-refractivity contribution >= 4 is 27.6 Å². The van der Waals surface area contributed by atoms with E-state index < -0.39 is 45.8 Å². The largest absolute Gasteiger partial charge is 0.455 e. The van der Waals surface area contributed by atoms with E-state index in [1.807, 2.05) is 29.0 Å². The van der Waals surface area contributed by atoms with Gasteiger partial charge in [-0.15, -0.1) is 0 Å². The first-order chi connectivity index (χ1) is 12.9. The van der Waals surface area contributed by atoms with Crippen LogP contribution in [0.15, 0.2) is 53.4 Å². The van der Waals surface area contributed by atoms with Crippen LogP contribution in [0, 0.1) is 5.82 Å². The van der Waals surface area contributed by atoms with Crippen molar-refractivity contribution < 1.29 is 27.1 Å². The molecule has 0 saturated carbocycles. The highest BCUT2D eigenvalue weighted by Crippen LogP contribution is 2.27. The molecule has 1 N–H and O–H groups in total. The van der Waals surface area contributed by atoms with Gasteiger partial charge in [-0.2, -0.15) is 4.72 Å². The van der Waals surface area contributed by atoms with Crippen molar-refractivity contribution in [3.05, 3.63) is 59.9 Å². The zero-order valence-corrected chi connectivity index (χ0v) is 15.0. The molecule has 2 aromatic carbocycles. The van der Waals surface area contributed by atoms with E-state index >= 15 is 0 Å². The molecule has 0 aliphatic carbocycles. The van der Waals surface area contributed by atoms with E-state index in [0.717, 1.165) is 29.8 Å². The lowest BCUT2D eigenvalue weighted by molar-refractivity contribution is -0.146. The fraction of sp³-hybridized carbons (Fsp3) is 0.222. The van der Waals surface area contributed by atoms with Gasteiger partial charge in [0.1, 0.15) is 17.3 Å². The predicted molar refractivity (Wildman–Crippen MR) is 95.0 cm³/mol. The van der Waals surface area contributed by atoms with E-state index in [-0.39, 0.29) is 0 Å². The number of rotatable bonds is 6. The van der Waals surface area contributed by atoms with Crippen LogP contribution in [0.4, 0.5) is 10.1 Å². The third kappa shape index (κ3) is 4.32. The van der Waals surface area contributed by atoms with Crippen molar-refractivity contribution in [2.24, 2.45) is 0 Å². The summed E-state index contributed by atoms with van der Waals surface area (Å²) in [5, 5.41) is 0. The van der Waals surface area contributed by atoms with Gasteiger partial charge in [-0.25, -0.2) is 12.8 Å². The first kappa shape index (κ1) is 19.0. The Balaban J connectivity index is 1.52. The van der Waals surface area contributed by atoms with Gasteiger partial charge in [0, 0.05) is 12.2 Å². The number of hydrogen-bond donors (Lipinski definition) is 1. The van der Waals surface area contributed by atoms with Crippen LogP contribution in [0.3, 0.4) is 0 Å². The van der Waals surface area contributed by atoms with Crippen LogP contribution in [-0.4, -0.2) is 40.0 Å². The second-order valence-corrected chi connectivity index (χ2v) is 7.58. The number of hydrogen-bond acceptors (Lipinski definition) is 5. The van der Waals surface area contributed by atoms with Gasteiger partial charge in [0.05, 0.1) is 0 Å². The van der Waals surface area contributed by atoms with E-state index in [0.29, 0.717) is 6.54 Å². The third-order valence-electron chi connectivity index (χ3n) is 4.08. The number of nitrogens with one attached hydrogen (secondary N) is 1. The van der Waals surface area contributed by atoms with Gasteiger partial charge in [-0.05, 0) is 30.2 Å². The lowest BCUT2D eigenvalue weighted by atomic mass is 10.2. The van der Waals surface area contributed by atoms with Crippen molar-refractivity contribution in [2.45, 2.75) is 11.3 Å². The van der Waals surface area contributed by atoms with Crippen molar-refractivity contribution in [1.82, 2.24) is 4.72 Å². The number of benzene rings is 2. The summed E-state index contributed by atoms with van der Waals surface area (Å²) in [6.45, 7) is -0.717. The highest BCUT2D eigenvalue weighted by atomic mass is 32.2. The first-order valence-corrected chi connectivity index (χ1v) is 9.65. The molecule has 1 heterocycles. The van der Waals surface area contributed by atoms with Crippen LogP contribution < -0.4 is 9.62 Å². The SMILES string of the molecule is O=C(CNS(=O)(=O)c1ccccc1F)OCC(=O)N1CCc2ccccc21. The average Bonchev–Trinajstić information content (AvgIpc) is 3.09. The maximum atomic E-state index is 13.6. The Morgan fingerprint density at radius 3 is 2.59 bits per heavy atom. The molecular formula is C18H17FN2O5S. The van der Waals surface area contributed by atoms with Crippen molar-refractivity contribution in [3.63, 3.8) is 0 Å². The molecule has 1 aliphatic rings. The van der Waals surface area contributed by atoms with Gasteiger partial charge in [-0.3, -0.25) is 9.59 Å². The fourth-order valence-corrected chi connectivity index (χ4v) is 3.81. The van der Waals surface area contributed by atoms with Crippen molar-refractivity contribution in [3.8, 4) is 0 Å². The summed E-state index contributed by atoms with van der Waals surface area (Å²) in [7, 11) is -4.20. The summed E-state index contributed by atoms with van der Waals surface area (Å²) >= 11 is 0. The average molecular weight is 392 g/mol. The van der Waals surface area contributed by atoms with Gasteiger partial charge in [0.2, 0.25) is 10.0 Å². The molecule has 0 atom stereocenters. The molecule has 0 saturated heterocycles.